The number of hydrogen-bond acceptors (Lipinski definition) is 2. The van der Waals surface area contributed by atoms with E-state index in [4.69, 9.17) is 5.73 Å². The van der Waals surface area contributed by atoms with Gasteiger partial charge < -0.3 is 10.6 Å². The molecule has 2 rings (SSSR count). The van der Waals surface area contributed by atoms with Gasteiger partial charge in [-0.1, -0.05) is 19.4 Å². The Morgan fingerprint density at radius 3 is 1.52 bits per heavy atom. The molecule has 0 unspecified atom stereocenters. The predicted octanol–water partition coefficient (Wildman–Crippen LogP) is 5.69. The Bertz CT molecular complexity index is 650. The molecule has 0 heterocycles. The van der Waals surface area contributed by atoms with Gasteiger partial charge in [0.1, 0.15) is 4.90 Å². The van der Waals surface area contributed by atoms with E-state index < -0.39 is 15.1 Å². The molecule has 0 fully saturated rings. The van der Waals surface area contributed by atoms with Gasteiger partial charge in [0.05, 0.1) is 0 Å². The van der Waals surface area contributed by atoms with Gasteiger partial charge >= 0.3 is 10.2 Å². The van der Waals surface area contributed by atoms with Crippen LogP contribution in [0.25, 0.3) is 0 Å². The first kappa shape index (κ1) is 15.4. The van der Waals surface area contributed by atoms with Gasteiger partial charge in [0.2, 0.25) is 0 Å². The van der Waals surface area contributed by atoms with Crippen molar-refractivity contribution in [3.05, 3.63) is 48.5 Å². The van der Waals surface area contributed by atoms with Crippen molar-refractivity contribution in [1.29, 1.82) is 0 Å². The van der Waals surface area contributed by atoms with Crippen molar-refractivity contribution in [2.75, 3.05) is 17.7 Å². The lowest BCUT2D eigenvalue weighted by Crippen LogP contribution is -2.10. The Morgan fingerprint density at radius 2 is 1.14 bits per heavy atom. The van der Waals surface area contributed by atoms with Gasteiger partial charge in [0, 0.05) is 24.1 Å². The van der Waals surface area contributed by atoms with E-state index in [1.54, 1.807) is 36.2 Å². The van der Waals surface area contributed by atoms with Crippen molar-refractivity contribution < 1.29 is 19.4 Å². The lowest BCUT2D eigenvalue weighted by molar-refractivity contribution is 0.364. The molecular formula is C13H13F5N2S. The molecule has 0 aromatic heterocycles. The smallest absolute Gasteiger partial charge is 0.310 e. The number of anilines is 3. The molecule has 8 heteroatoms. The van der Waals surface area contributed by atoms with Gasteiger partial charge in [-0.05, 0) is 48.5 Å². The van der Waals surface area contributed by atoms with Crippen LogP contribution in [0.15, 0.2) is 53.4 Å². The van der Waals surface area contributed by atoms with Crippen LogP contribution in [-0.4, -0.2) is 7.05 Å². The zero-order valence-corrected chi connectivity index (χ0v) is 11.8. The molecule has 0 radical (unpaired) electrons. The minimum absolute atomic E-state index is 0.352. The second-order valence-electron chi connectivity index (χ2n) is 4.61. The average molecular weight is 324 g/mol. The SMILES string of the molecule is CN(c1ccc(N)cc1)c1ccc(S(F)(F)(F)(F)F)cc1. The zero-order chi connectivity index (χ0) is 16.0. The normalized spacial score (nSPS) is 15.1. The lowest BCUT2D eigenvalue weighted by atomic mass is 10.2. The quantitative estimate of drug-likeness (QED) is 0.580. The van der Waals surface area contributed by atoms with Crippen LogP contribution in [0.3, 0.4) is 0 Å². The summed E-state index contributed by atoms with van der Waals surface area (Å²) in [5.41, 5.74) is 7.11. The summed E-state index contributed by atoms with van der Waals surface area (Å²) in [6.07, 6.45) is 0. The number of hydrogen-bond donors (Lipinski definition) is 1. The summed E-state index contributed by atoms with van der Waals surface area (Å²) in [5, 5.41) is 0. The second kappa shape index (κ2) is 4.03. The number of nitrogens with zero attached hydrogens (tertiary/aromatic N) is 1. The largest absolute Gasteiger partial charge is 0.399 e. The van der Waals surface area contributed by atoms with E-state index in [0.717, 1.165) is 12.1 Å². The fourth-order valence-electron chi connectivity index (χ4n) is 1.77. The molecule has 0 saturated carbocycles. The Kier molecular flexibility index (Phi) is 2.96. The highest BCUT2D eigenvalue weighted by molar-refractivity contribution is 8.45. The molecule has 0 aliphatic rings. The molecule has 2 aromatic rings. The third-order valence-corrected chi connectivity index (χ3v) is 4.11. The summed E-state index contributed by atoms with van der Waals surface area (Å²) < 4.78 is 63.1. The van der Waals surface area contributed by atoms with Crippen LogP contribution in [-0.2, 0) is 0 Å². The third kappa shape index (κ3) is 3.57. The first-order chi connectivity index (χ1) is 9.36. The van der Waals surface area contributed by atoms with Crippen molar-refractivity contribution >= 4 is 27.3 Å². The molecule has 2 aromatic carbocycles. The van der Waals surface area contributed by atoms with Crippen molar-refractivity contribution in [2.24, 2.45) is 0 Å². The van der Waals surface area contributed by atoms with Crippen LogP contribution < -0.4 is 10.6 Å². The third-order valence-electron chi connectivity index (χ3n) is 2.95. The van der Waals surface area contributed by atoms with Gasteiger partial charge in [0.25, 0.3) is 0 Å². The number of benzene rings is 2. The topological polar surface area (TPSA) is 29.3 Å². The van der Waals surface area contributed by atoms with Crippen LogP contribution in [0, 0.1) is 0 Å². The maximum atomic E-state index is 12.6. The Balaban J connectivity index is 2.34. The van der Waals surface area contributed by atoms with Crippen LogP contribution in [0.2, 0.25) is 0 Å². The number of halogens is 5. The monoisotopic (exact) mass is 324 g/mol. The van der Waals surface area contributed by atoms with E-state index in [1.807, 2.05) is 0 Å². The van der Waals surface area contributed by atoms with E-state index in [2.05, 4.69) is 0 Å². The standard InChI is InChI=1S/C13H13F5N2S/c1-20(11-4-2-10(19)3-5-11)12-6-8-13(9-7-12)21(14,15,16,17)18/h2-9H,19H2,1H3. The molecule has 0 bridgehead atoms. The first-order valence-electron chi connectivity index (χ1n) is 5.80. The molecule has 2 nitrogen and oxygen atoms in total. The highest BCUT2D eigenvalue weighted by Crippen LogP contribution is 3.02. The van der Waals surface area contributed by atoms with E-state index in [9.17, 15) is 19.4 Å². The van der Waals surface area contributed by atoms with E-state index in [1.165, 1.54) is 0 Å². The molecule has 0 atom stereocenters. The minimum atomic E-state index is -9.62. The average Bonchev–Trinajstić information content (AvgIpc) is 2.36. The Labute approximate surface area is 118 Å². The van der Waals surface area contributed by atoms with Gasteiger partial charge in [-0.15, -0.1) is 0 Å². The van der Waals surface area contributed by atoms with Gasteiger partial charge in [-0.25, -0.2) is 0 Å². The summed E-state index contributed by atoms with van der Waals surface area (Å²) >= 11 is 0. The molecule has 0 saturated heterocycles. The maximum Gasteiger partial charge on any atom is 0.310 e. The molecule has 116 valence electrons. The fourth-order valence-corrected chi connectivity index (χ4v) is 2.42. The fraction of sp³-hybridized carbons (Fsp3) is 0.0769. The molecule has 0 spiro atoms. The number of nitrogen functional groups attached to an aromatic ring is 1. The molecule has 21 heavy (non-hydrogen) atoms. The second-order valence-corrected chi connectivity index (χ2v) is 7.02. The van der Waals surface area contributed by atoms with Crippen LogP contribution >= 0.6 is 10.2 Å². The highest BCUT2D eigenvalue weighted by Gasteiger charge is 2.65. The Hall–Kier alpha value is -1.96. The number of rotatable bonds is 3. The van der Waals surface area contributed by atoms with Crippen LogP contribution in [0.5, 0.6) is 0 Å². The highest BCUT2D eigenvalue weighted by atomic mass is 32.5. The summed E-state index contributed by atoms with van der Waals surface area (Å²) in [6, 6.07) is 9.41. The summed E-state index contributed by atoms with van der Waals surface area (Å²) in [6.45, 7) is 0. The van der Waals surface area contributed by atoms with Gasteiger partial charge in [-0.2, -0.15) is 0 Å². The van der Waals surface area contributed by atoms with Gasteiger partial charge in [0.15, 0.2) is 0 Å². The van der Waals surface area contributed by atoms with E-state index in [-0.39, 0.29) is 0 Å². The van der Waals surface area contributed by atoms with E-state index >= 15 is 0 Å². The predicted molar refractivity (Wildman–Crippen MR) is 76.8 cm³/mol. The van der Waals surface area contributed by atoms with E-state index in [0.29, 0.717) is 29.2 Å². The summed E-state index contributed by atoms with van der Waals surface area (Å²) in [5.74, 6) is 0. The lowest BCUT2D eigenvalue weighted by Gasteiger charge is -2.40. The van der Waals surface area contributed by atoms with Crippen LogP contribution in [0.4, 0.5) is 36.5 Å². The maximum absolute atomic E-state index is 12.6. The minimum Gasteiger partial charge on any atom is -0.399 e. The summed E-state index contributed by atoms with van der Waals surface area (Å²) in [7, 11) is -8.01. The molecule has 0 aliphatic carbocycles. The summed E-state index contributed by atoms with van der Waals surface area (Å²) in [4.78, 5) is -0.335. The molecular weight excluding hydrogens is 311 g/mol. The first-order valence-corrected chi connectivity index (χ1v) is 7.75. The van der Waals surface area contributed by atoms with Crippen LogP contribution in [0.1, 0.15) is 0 Å². The van der Waals surface area contributed by atoms with Crippen molar-refractivity contribution in [3.8, 4) is 0 Å². The molecule has 0 aliphatic heterocycles. The number of nitrogens with two attached hydrogens (primary N) is 1. The van der Waals surface area contributed by atoms with Gasteiger partial charge in [-0.3, -0.25) is 0 Å². The Morgan fingerprint density at radius 1 is 0.762 bits per heavy atom. The molecule has 0 amide bonds. The zero-order valence-electron chi connectivity index (χ0n) is 10.9. The van der Waals surface area contributed by atoms with Crippen molar-refractivity contribution in [1.82, 2.24) is 0 Å². The van der Waals surface area contributed by atoms with Crippen molar-refractivity contribution in [3.63, 3.8) is 0 Å². The molecule has 2 N–H and O–H groups in total. The van der Waals surface area contributed by atoms with Crippen molar-refractivity contribution in [2.45, 2.75) is 4.90 Å².